The highest BCUT2D eigenvalue weighted by Gasteiger charge is 2.20. The number of anilines is 2. The van der Waals surface area contributed by atoms with Gasteiger partial charge in [-0.15, -0.1) is 0 Å². The molecule has 0 bridgehead atoms. The third kappa shape index (κ3) is 4.85. The number of piperidine rings is 1. The molecule has 4 aromatic rings. The summed E-state index contributed by atoms with van der Waals surface area (Å²) in [6.45, 7) is 4.14. The van der Waals surface area contributed by atoms with Crippen LogP contribution in [0.25, 0.3) is 16.7 Å². The third-order valence-electron chi connectivity index (χ3n) is 6.75. The Morgan fingerprint density at radius 3 is 2.43 bits per heavy atom. The maximum absolute atomic E-state index is 12.3. The average molecular weight is 469 g/mol. The van der Waals surface area contributed by atoms with Gasteiger partial charge in [0.2, 0.25) is 0 Å². The maximum atomic E-state index is 12.3. The Kier molecular flexibility index (Phi) is 6.40. The lowest BCUT2D eigenvalue weighted by atomic mass is 10.0. The second-order valence-electron chi connectivity index (χ2n) is 9.35. The van der Waals surface area contributed by atoms with E-state index >= 15 is 0 Å². The third-order valence-corrected chi connectivity index (χ3v) is 6.75. The van der Waals surface area contributed by atoms with Gasteiger partial charge in [0, 0.05) is 56.6 Å². The van der Waals surface area contributed by atoms with Crippen LogP contribution in [0.5, 0.6) is 0 Å². The summed E-state index contributed by atoms with van der Waals surface area (Å²) >= 11 is 0. The quantitative estimate of drug-likeness (QED) is 0.442. The van der Waals surface area contributed by atoms with Crippen molar-refractivity contribution in [1.82, 2.24) is 19.4 Å². The molecule has 0 unspecified atom stereocenters. The fourth-order valence-corrected chi connectivity index (χ4v) is 4.65. The molecule has 4 heterocycles. The highest BCUT2D eigenvalue weighted by Crippen LogP contribution is 2.24. The molecule has 3 aromatic heterocycles. The zero-order valence-corrected chi connectivity index (χ0v) is 20.6. The predicted molar refractivity (Wildman–Crippen MR) is 142 cm³/mol. The van der Waals surface area contributed by atoms with E-state index in [-0.39, 0.29) is 5.91 Å². The van der Waals surface area contributed by atoms with Crippen LogP contribution < -0.4 is 10.2 Å². The monoisotopic (exact) mass is 468 g/mol. The Hall–Kier alpha value is -3.87. The fourth-order valence-electron chi connectivity index (χ4n) is 4.65. The van der Waals surface area contributed by atoms with Gasteiger partial charge in [0.15, 0.2) is 0 Å². The molecule has 0 aliphatic carbocycles. The first-order chi connectivity index (χ1) is 17.0. The van der Waals surface area contributed by atoms with Gasteiger partial charge >= 0.3 is 0 Å². The zero-order valence-electron chi connectivity index (χ0n) is 20.6. The first-order valence-electron chi connectivity index (χ1n) is 12.3. The zero-order chi connectivity index (χ0) is 24.4. The van der Waals surface area contributed by atoms with Crippen molar-refractivity contribution in [1.29, 1.82) is 0 Å². The molecule has 1 amide bonds. The lowest BCUT2D eigenvalue weighted by Gasteiger charge is -2.33. The molecule has 0 saturated carbocycles. The van der Waals surface area contributed by atoms with Crippen molar-refractivity contribution in [3.05, 3.63) is 78.2 Å². The van der Waals surface area contributed by atoms with Gasteiger partial charge in [-0.25, -0.2) is 9.97 Å². The van der Waals surface area contributed by atoms with Crippen molar-refractivity contribution >= 4 is 28.3 Å². The number of carbonyl (C=O) groups is 1. The molecule has 1 aliphatic rings. The van der Waals surface area contributed by atoms with Crippen molar-refractivity contribution in [2.45, 2.75) is 32.2 Å². The van der Waals surface area contributed by atoms with Crippen LogP contribution in [-0.4, -0.2) is 58.6 Å². The Bertz CT molecular complexity index is 1300. The Labute approximate surface area is 206 Å². The first kappa shape index (κ1) is 22.9. The van der Waals surface area contributed by atoms with E-state index < -0.39 is 0 Å². The number of pyridine rings is 2. The lowest BCUT2D eigenvalue weighted by molar-refractivity contribution is 0.0828. The molecule has 1 fully saturated rings. The minimum absolute atomic E-state index is 0.00435. The summed E-state index contributed by atoms with van der Waals surface area (Å²) in [6, 6.07) is 16.7. The van der Waals surface area contributed by atoms with Gasteiger partial charge in [-0.2, -0.15) is 0 Å². The minimum Gasteiger partial charge on any atom is -0.381 e. The standard InChI is InChI=1S/C28H32N6O/c1-4-20-5-9-26(29-18-20)33-14-12-23(13-15-33)31-24-7-10-27(30-19-24)34-16-11-21-17-22(6-8-25(21)34)28(35)32(2)3/h5-11,16-19,23,31H,4,12-15H2,1-3H3. The summed E-state index contributed by atoms with van der Waals surface area (Å²) < 4.78 is 2.05. The average Bonchev–Trinajstić information content (AvgIpc) is 3.32. The number of hydrogen-bond donors (Lipinski definition) is 1. The number of fused-ring (bicyclic) bond motifs is 1. The number of nitrogens with one attached hydrogen (secondary N) is 1. The van der Waals surface area contributed by atoms with Gasteiger partial charge in [-0.3, -0.25) is 4.79 Å². The van der Waals surface area contributed by atoms with Crippen LogP contribution >= 0.6 is 0 Å². The molecule has 0 radical (unpaired) electrons. The van der Waals surface area contributed by atoms with Gasteiger partial charge in [-0.1, -0.05) is 13.0 Å². The van der Waals surface area contributed by atoms with E-state index in [0.717, 1.165) is 60.6 Å². The van der Waals surface area contributed by atoms with Gasteiger partial charge in [0.25, 0.3) is 5.91 Å². The highest BCUT2D eigenvalue weighted by atomic mass is 16.2. The lowest BCUT2D eigenvalue weighted by Crippen LogP contribution is -2.39. The van der Waals surface area contributed by atoms with Crippen LogP contribution in [0.3, 0.4) is 0 Å². The summed E-state index contributed by atoms with van der Waals surface area (Å²) in [5, 5.41) is 4.67. The topological polar surface area (TPSA) is 66.3 Å². The number of hydrogen-bond acceptors (Lipinski definition) is 5. The smallest absolute Gasteiger partial charge is 0.253 e. The molecule has 180 valence electrons. The summed E-state index contributed by atoms with van der Waals surface area (Å²) in [6.07, 6.45) is 9.04. The number of aryl methyl sites for hydroxylation is 1. The van der Waals surface area contributed by atoms with Gasteiger partial charge in [0.1, 0.15) is 11.6 Å². The fraction of sp³-hybridized carbons (Fsp3) is 0.321. The number of rotatable bonds is 6. The van der Waals surface area contributed by atoms with Crippen LogP contribution in [0.4, 0.5) is 11.5 Å². The molecule has 0 atom stereocenters. The molecule has 5 rings (SSSR count). The summed E-state index contributed by atoms with van der Waals surface area (Å²) in [7, 11) is 3.53. The van der Waals surface area contributed by atoms with Gasteiger partial charge < -0.3 is 19.7 Å². The van der Waals surface area contributed by atoms with Crippen LogP contribution in [0, 0.1) is 0 Å². The van der Waals surface area contributed by atoms with Gasteiger partial charge in [-0.05, 0) is 67.3 Å². The molecule has 0 spiro atoms. The Morgan fingerprint density at radius 1 is 1.00 bits per heavy atom. The van der Waals surface area contributed by atoms with E-state index in [4.69, 9.17) is 4.98 Å². The molecule has 1 saturated heterocycles. The molecular weight excluding hydrogens is 436 g/mol. The van der Waals surface area contributed by atoms with Crippen molar-refractivity contribution in [2.75, 3.05) is 37.4 Å². The van der Waals surface area contributed by atoms with Crippen LogP contribution in [0.15, 0.2) is 67.1 Å². The van der Waals surface area contributed by atoms with Crippen LogP contribution in [0.2, 0.25) is 0 Å². The number of carbonyl (C=O) groups excluding carboxylic acids is 1. The first-order valence-corrected chi connectivity index (χ1v) is 12.3. The number of amides is 1. The summed E-state index contributed by atoms with van der Waals surface area (Å²) in [5.41, 5.74) is 4.03. The molecule has 7 heteroatoms. The summed E-state index contributed by atoms with van der Waals surface area (Å²) in [4.78, 5) is 25.6. The molecular formula is C28H32N6O. The second kappa shape index (κ2) is 9.78. The van der Waals surface area contributed by atoms with E-state index in [0.29, 0.717) is 11.6 Å². The maximum Gasteiger partial charge on any atom is 0.253 e. The van der Waals surface area contributed by atoms with E-state index in [1.165, 1.54) is 5.56 Å². The number of nitrogens with zero attached hydrogens (tertiary/aromatic N) is 5. The largest absolute Gasteiger partial charge is 0.381 e. The normalized spacial score (nSPS) is 14.3. The molecule has 35 heavy (non-hydrogen) atoms. The Balaban J connectivity index is 1.22. The highest BCUT2D eigenvalue weighted by molar-refractivity contribution is 5.98. The van der Waals surface area contributed by atoms with E-state index in [2.05, 4.69) is 44.9 Å². The van der Waals surface area contributed by atoms with E-state index in [1.807, 2.05) is 48.9 Å². The SMILES string of the molecule is CCc1ccc(N2CCC(Nc3ccc(-n4ccc5cc(C(=O)N(C)C)ccc54)nc3)CC2)nc1. The summed E-state index contributed by atoms with van der Waals surface area (Å²) in [5.74, 6) is 1.93. The van der Waals surface area contributed by atoms with Crippen molar-refractivity contribution in [2.24, 2.45) is 0 Å². The minimum atomic E-state index is 0.00435. The molecule has 7 nitrogen and oxygen atoms in total. The molecule has 1 aromatic carbocycles. The van der Waals surface area contributed by atoms with Crippen molar-refractivity contribution in [3.8, 4) is 5.82 Å². The van der Waals surface area contributed by atoms with E-state index in [1.54, 1.807) is 19.0 Å². The second-order valence-corrected chi connectivity index (χ2v) is 9.35. The molecule has 1 N–H and O–H groups in total. The van der Waals surface area contributed by atoms with Gasteiger partial charge in [0.05, 0.1) is 17.4 Å². The number of aromatic nitrogens is 3. The molecule has 1 aliphatic heterocycles. The van der Waals surface area contributed by atoms with Crippen LogP contribution in [0.1, 0.15) is 35.7 Å². The van der Waals surface area contributed by atoms with Crippen LogP contribution in [-0.2, 0) is 6.42 Å². The predicted octanol–water partition coefficient (Wildman–Crippen LogP) is 4.77. The number of benzene rings is 1. The van der Waals surface area contributed by atoms with Crippen molar-refractivity contribution < 1.29 is 4.79 Å². The van der Waals surface area contributed by atoms with Crippen molar-refractivity contribution in [3.63, 3.8) is 0 Å². The Morgan fingerprint density at radius 2 is 1.77 bits per heavy atom. The van der Waals surface area contributed by atoms with E-state index in [9.17, 15) is 4.79 Å².